The van der Waals surface area contributed by atoms with Gasteiger partial charge in [-0.2, -0.15) is 0 Å². The molecule has 0 aliphatic carbocycles. The lowest BCUT2D eigenvalue weighted by atomic mass is 10.1. The van der Waals surface area contributed by atoms with Crippen LogP contribution in [0.5, 0.6) is 0 Å². The Bertz CT molecular complexity index is 410. The molecule has 1 aliphatic heterocycles. The SMILES string of the molecule is CCCCCCCC1N(Cc2ccccc2)CC[NH+]1CCCC.[Cl-]. The second kappa shape index (κ2) is 12.7. The van der Waals surface area contributed by atoms with Crippen molar-refractivity contribution in [1.29, 1.82) is 0 Å². The van der Waals surface area contributed by atoms with E-state index in [-0.39, 0.29) is 12.4 Å². The molecule has 3 heteroatoms. The highest BCUT2D eigenvalue weighted by molar-refractivity contribution is 5.14. The first-order valence-corrected chi connectivity index (χ1v) is 9.97. The predicted octanol–water partition coefficient (Wildman–Crippen LogP) is 0.878. The number of halogens is 1. The Morgan fingerprint density at radius 1 is 0.958 bits per heavy atom. The van der Waals surface area contributed by atoms with Crippen LogP contribution >= 0.6 is 0 Å². The molecule has 0 aromatic heterocycles. The van der Waals surface area contributed by atoms with Crippen molar-refractivity contribution in [2.75, 3.05) is 19.6 Å². The monoisotopic (exact) mass is 352 g/mol. The minimum atomic E-state index is 0. The molecule has 0 bridgehead atoms. The van der Waals surface area contributed by atoms with Crippen molar-refractivity contribution in [3.8, 4) is 0 Å². The largest absolute Gasteiger partial charge is 1.00 e. The summed E-state index contributed by atoms with van der Waals surface area (Å²) in [6.45, 7) is 9.73. The number of nitrogens with one attached hydrogen (secondary N) is 1. The summed E-state index contributed by atoms with van der Waals surface area (Å²) in [5, 5.41) is 0. The molecule has 0 radical (unpaired) electrons. The standard InChI is InChI=1S/C21H36N2.ClH/c1-3-5-7-8-12-15-21-22(16-6-4-2)17-18-23(21)19-20-13-10-9-11-14-20;/h9-11,13-14,21H,3-8,12,15-19H2,1-2H3;1H. The lowest BCUT2D eigenvalue weighted by molar-refractivity contribution is -0.919. The highest BCUT2D eigenvalue weighted by Crippen LogP contribution is 2.14. The van der Waals surface area contributed by atoms with Crippen LogP contribution in [0, 0.1) is 0 Å². The summed E-state index contributed by atoms with van der Waals surface area (Å²) in [7, 11) is 0. The lowest BCUT2D eigenvalue weighted by Crippen LogP contribution is -3.14. The Kier molecular flexibility index (Phi) is 11.4. The molecule has 1 aromatic carbocycles. The highest BCUT2D eigenvalue weighted by Gasteiger charge is 2.34. The van der Waals surface area contributed by atoms with E-state index >= 15 is 0 Å². The maximum Gasteiger partial charge on any atom is 0.144 e. The Balaban J connectivity index is 0.00000288. The molecule has 0 amide bonds. The van der Waals surface area contributed by atoms with E-state index in [0.717, 1.165) is 12.7 Å². The Labute approximate surface area is 156 Å². The van der Waals surface area contributed by atoms with Gasteiger partial charge in [0.25, 0.3) is 0 Å². The molecule has 1 heterocycles. The number of hydrogen-bond acceptors (Lipinski definition) is 1. The third-order valence-corrected chi connectivity index (χ3v) is 5.29. The molecule has 1 aliphatic rings. The van der Waals surface area contributed by atoms with Gasteiger partial charge in [-0.05, 0) is 18.4 Å². The van der Waals surface area contributed by atoms with E-state index in [1.54, 1.807) is 0 Å². The van der Waals surface area contributed by atoms with Crippen LogP contribution in [0.2, 0.25) is 0 Å². The van der Waals surface area contributed by atoms with E-state index in [9.17, 15) is 0 Å². The molecule has 0 spiro atoms. The van der Waals surface area contributed by atoms with Crippen LogP contribution in [0.4, 0.5) is 0 Å². The maximum absolute atomic E-state index is 2.75. The fourth-order valence-electron chi connectivity index (χ4n) is 3.90. The van der Waals surface area contributed by atoms with Gasteiger partial charge < -0.3 is 17.3 Å². The molecular weight excluding hydrogens is 316 g/mol. The first-order valence-electron chi connectivity index (χ1n) is 9.97. The summed E-state index contributed by atoms with van der Waals surface area (Å²) in [5.41, 5.74) is 1.47. The Hall–Kier alpha value is -0.570. The molecule has 138 valence electrons. The summed E-state index contributed by atoms with van der Waals surface area (Å²) in [5.74, 6) is 0. The van der Waals surface area contributed by atoms with Crippen LogP contribution in [0.3, 0.4) is 0 Å². The topological polar surface area (TPSA) is 7.68 Å². The van der Waals surface area contributed by atoms with Crippen LogP contribution in [0.25, 0.3) is 0 Å². The summed E-state index contributed by atoms with van der Waals surface area (Å²) in [6.07, 6.45) is 11.8. The van der Waals surface area contributed by atoms with Gasteiger partial charge in [-0.15, -0.1) is 0 Å². The molecule has 2 unspecified atom stereocenters. The van der Waals surface area contributed by atoms with Gasteiger partial charge in [0.2, 0.25) is 0 Å². The summed E-state index contributed by atoms with van der Waals surface area (Å²) >= 11 is 0. The van der Waals surface area contributed by atoms with Crippen molar-refractivity contribution in [2.45, 2.75) is 77.9 Å². The molecule has 1 aromatic rings. The van der Waals surface area contributed by atoms with Crippen LogP contribution in [0.15, 0.2) is 30.3 Å². The Morgan fingerprint density at radius 3 is 2.38 bits per heavy atom. The summed E-state index contributed by atoms with van der Waals surface area (Å²) in [6, 6.07) is 11.0. The first kappa shape index (κ1) is 21.5. The zero-order valence-electron chi connectivity index (χ0n) is 15.8. The van der Waals surface area contributed by atoms with E-state index in [2.05, 4.69) is 49.1 Å². The van der Waals surface area contributed by atoms with E-state index in [4.69, 9.17) is 0 Å². The molecule has 2 rings (SSSR count). The van der Waals surface area contributed by atoms with Gasteiger partial charge in [0.15, 0.2) is 0 Å². The molecular formula is C21H37ClN2. The zero-order valence-corrected chi connectivity index (χ0v) is 16.5. The van der Waals surface area contributed by atoms with Crippen molar-refractivity contribution < 1.29 is 17.3 Å². The molecule has 1 fully saturated rings. The number of hydrogen-bond donors (Lipinski definition) is 1. The highest BCUT2D eigenvalue weighted by atomic mass is 35.5. The van der Waals surface area contributed by atoms with Crippen LogP contribution in [-0.2, 0) is 6.54 Å². The van der Waals surface area contributed by atoms with E-state index < -0.39 is 0 Å². The fraction of sp³-hybridized carbons (Fsp3) is 0.714. The second-order valence-corrected chi connectivity index (χ2v) is 7.19. The zero-order chi connectivity index (χ0) is 16.3. The van der Waals surface area contributed by atoms with Crippen molar-refractivity contribution in [1.82, 2.24) is 4.90 Å². The predicted molar refractivity (Wildman–Crippen MR) is 99.6 cm³/mol. The fourth-order valence-corrected chi connectivity index (χ4v) is 3.90. The average molecular weight is 353 g/mol. The summed E-state index contributed by atoms with van der Waals surface area (Å²) in [4.78, 5) is 4.60. The van der Waals surface area contributed by atoms with Crippen LogP contribution in [-0.4, -0.2) is 30.7 Å². The average Bonchev–Trinajstić information content (AvgIpc) is 2.95. The lowest BCUT2D eigenvalue weighted by Gasteiger charge is -2.27. The van der Waals surface area contributed by atoms with Crippen molar-refractivity contribution in [3.05, 3.63) is 35.9 Å². The van der Waals surface area contributed by atoms with E-state index in [1.165, 1.54) is 76.6 Å². The minimum Gasteiger partial charge on any atom is -1.00 e. The van der Waals surface area contributed by atoms with E-state index in [1.807, 2.05) is 4.90 Å². The second-order valence-electron chi connectivity index (χ2n) is 7.19. The van der Waals surface area contributed by atoms with Gasteiger partial charge in [-0.1, -0.05) is 76.3 Å². The van der Waals surface area contributed by atoms with Crippen molar-refractivity contribution in [3.63, 3.8) is 0 Å². The molecule has 1 N–H and O–H groups in total. The smallest absolute Gasteiger partial charge is 0.144 e. The number of quaternary nitrogens is 1. The van der Waals surface area contributed by atoms with Crippen LogP contribution < -0.4 is 17.3 Å². The molecule has 24 heavy (non-hydrogen) atoms. The van der Waals surface area contributed by atoms with Gasteiger partial charge in [-0.3, -0.25) is 0 Å². The third-order valence-electron chi connectivity index (χ3n) is 5.29. The number of unbranched alkanes of at least 4 members (excludes halogenated alkanes) is 5. The minimum absolute atomic E-state index is 0. The van der Waals surface area contributed by atoms with E-state index in [0.29, 0.717) is 0 Å². The molecule has 0 saturated carbocycles. The van der Waals surface area contributed by atoms with Gasteiger partial charge in [-0.25, -0.2) is 4.90 Å². The first-order chi connectivity index (χ1) is 11.3. The third kappa shape index (κ3) is 7.13. The summed E-state index contributed by atoms with van der Waals surface area (Å²) < 4.78 is 0. The maximum atomic E-state index is 2.75. The van der Waals surface area contributed by atoms with Gasteiger partial charge >= 0.3 is 0 Å². The quantitative estimate of drug-likeness (QED) is 0.581. The van der Waals surface area contributed by atoms with Gasteiger partial charge in [0, 0.05) is 13.0 Å². The van der Waals surface area contributed by atoms with Crippen LogP contribution in [0.1, 0.15) is 70.8 Å². The molecule has 2 nitrogen and oxygen atoms in total. The number of benzene rings is 1. The van der Waals surface area contributed by atoms with Crippen molar-refractivity contribution in [2.24, 2.45) is 0 Å². The normalized spacial score (nSPS) is 20.9. The molecule has 1 saturated heterocycles. The van der Waals surface area contributed by atoms with Crippen molar-refractivity contribution >= 4 is 0 Å². The Morgan fingerprint density at radius 2 is 1.67 bits per heavy atom. The number of rotatable bonds is 11. The number of nitrogens with zero attached hydrogens (tertiary/aromatic N) is 1. The van der Waals surface area contributed by atoms with Gasteiger partial charge in [0.1, 0.15) is 6.17 Å². The van der Waals surface area contributed by atoms with Gasteiger partial charge in [0.05, 0.1) is 19.6 Å². The molecule has 2 atom stereocenters.